The van der Waals surface area contributed by atoms with E-state index < -0.39 is 0 Å². The van der Waals surface area contributed by atoms with E-state index in [1.54, 1.807) is 50.4 Å². The number of ether oxygens (including phenoxy) is 2. The van der Waals surface area contributed by atoms with Crippen molar-refractivity contribution >= 4 is 34.8 Å². The SMILES string of the molecule is COCCOc1ccc(C(=O)NC(=S)Nc2ccc(CCC(=O)N(C)C)cc2)cc1. The Morgan fingerprint density at radius 1 is 1.00 bits per heavy atom. The molecule has 2 amide bonds. The van der Waals surface area contributed by atoms with Gasteiger partial charge in [-0.25, -0.2) is 0 Å². The second-order valence-corrected chi connectivity index (χ2v) is 7.17. The van der Waals surface area contributed by atoms with Crippen LogP contribution >= 0.6 is 12.2 Å². The molecule has 0 bridgehead atoms. The van der Waals surface area contributed by atoms with Crippen LogP contribution in [0.5, 0.6) is 5.75 Å². The van der Waals surface area contributed by atoms with E-state index in [1.165, 1.54) is 0 Å². The predicted molar refractivity (Wildman–Crippen MR) is 121 cm³/mol. The van der Waals surface area contributed by atoms with Gasteiger partial charge in [0.05, 0.1) is 6.61 Å². The summed E-state index contributed by atoms with van der Waals surface area (Å²) in [5, 5.41) is 5.84. The first kappa shape index (κ1) is 23.3. The molecule has 0 aliphatic rings. The van der Waals surface area contributed by atoms with Gasteiger partial charge >= 0.3 is 0 Å². The van der Waals surface area contributed by atoms with Crippen molar-refractivity contribution in [3.05, 3.63) is 59.7 Å². The van der Waals surface area contributed by atoms with E-state index in [-0.39, 0.29) is 16.9 Å². The monoisotopic (exact) mass is 429 g/mol. The Kier molecular flexibility index (Phi) is 9.24. The van der Waals surface area contributed by atoms with Gasteiger partial charge in [-0.15, -0.1) is 0 Å². The van der Waals surface area contributed by atoms with Crippen LogP contribution in [0, 0.1) is 0 Å². The van der Waals surface area contributed by atoms with Crippen molar-refractivity contribution in [3.63, 3.8) is 0 Å². The molecule has 0 radical (unpaired) electrons. The van der Waals surface area contributed by atoms with Crippen molar-refractivity contribution in [1.82, 2.24) is 10.2 Å². The van der Waals surface area contributed by atoms with E-state index >= 15 is 0 Å². The molecule has 0 saturated carbocycles. The number of carbonyl (C=O) groups is 2. The number of aryl methyl sites for hydroxylation is 1. The molecule has 2 N–H and O–H groups in total. The molecule has 0 atom stereocenters. The quantitative estimate of drug-likeness (QED) is 0.471. The van der Waals surface area contributed by atoms with Gasteiger partial charge in [-0.2, -0.15) is 0 Å². The molecule has 0 aromatic heterocycles. The number of amides is 2. The number of anilines is 1. The van der Waals surface area contributed by atoms with Crippen LogP contribution in [0.2, 0.25) is 0 Å². The maximum absolute atomic E-state index is 12.3. The molecule has 0 aliphatic carbocycles. The summed E-state index contributed by atoms with van der Waals surface area (Å²) in [6.07, 6.45) is 1.13. The van der Waals surface area contributed by atoms with Crippen molar-refractivity contribution in [2.75, 3.05) is 39.7 Å². The summed E-state index contributed by atoms with van der Waals surface area (Å²) >= 11 is 5.22. The van der Waals surface area contributed by atoms with Crippen LogP contribution in [0.1, 0.15) is 22.3 Å². The van der Waals surface area contributed by atoms with Crippen molar-refractivity contribution in [2.24, 2.45) is 0 Å². The van der Waals surface area contributed by atoms with Crippen LogP contribution in [-0.4, -0.2) is 56.2 Å². The van der Waals surface area contributed by atoms with Gasteiger partial charge in [-0.05, 0) is 60.6 Å². The van der Waals surface area contributed by atoms with Gasteiger partial charge in [0, 0.05) is 38.9 Å². The zero-order valence-electron chi connectivity index (χ0n) is 17.4. The zero-order chi connectivity index (χ0) is 21.9. The number of methoxy groups -OCH3 is 1. The molecule has 0 saturated heterocycles. The Balaban J connectivity index is 1.81. The standard InChI is InChI=1S/C22H27N3O4S/c1-25(2)20(26)13-6-16-4-9-18(10-5-16)23-22(30)24-21(27)17-7-11-19(12-8-17)29-15-14-28-3/h4-5,7-12H,6,13-15H2,1-3H3,(H2,23,24,27,30). The van der Waals surface area contributed by atoms with Gasteiger partial charge < -0.3 is 19.7 Å². The van der Waals surface area contributed by atoms with Gasteiger partial charge in [0.15, 0.2) is 5.11 Å². The number of hydrogen-bond donors (Lipinski definition) is 2. The Morgan fingerprint density at radius 3 is 2.27 bits per heavy atom. The molecule has 30 heavy (non-hydrogen) atoms. The van der Waals surface area contributed by atoms with Gasteiger partial charge in [-0.1, -0.05) is 12.1 Å². The minimum absolute atomic E-state index is 0.0932. The molecule has 0 unspecified atom stereocenters. The van der Waals surface area contributed by atoms with Crippen LogP contribution in [0.15, 0.2) is 48.5 Å². The summed E-state index contributed by atoms with van der Waals surface area (Å²) in [6, 6.07) is 14.4. The highest BCUT2D eigenvalue weighted by Crippen LogP contribution is 2.13. The maximum atomic E-state index is 12.3. The first-order chi connectivity index (χ1) is 14.4. The van der Waals surface area contributed by atoms with E-state index in [0.29, 0.717) is 37.4 Å². The number of nitrogens with zero attached hydrogens (tertiary/aromatic N) is 1. The fourth-order valence-electron chi connectivity index (χ4n) is 2.51. The van der Waals surface area contributed by atoms with Crippen molar-refractivity contribution in [1.29, 1.82) is 0 Å². The fraction of sp³-hybridized carbons (Fsp3) is 0.318. The Bertz CT molecular complexity index is 852. The van der Waals surface area contributed by atoms with E-state index in [1.807, 2.05) is 24.3 Å². The molecule has 8 heteroatoms. The molecular weight excluding hydrogens is 402 g/mol. The number of thiocarbonyl (C=S) groups is 1. The van der Waals surface area contributed by atoms with Crippen LogP contribution in [-0.2, 0) is 16.0 Å². The summed E-state index contributed by atoms with van der Waals surface area (Å²) in [7, 11) is 5.10. The second-order valence-electron chi connectivity index (χ2n) is 6.76. The lowest BCUT2D eigenvalue weighted by atomic mass is 10.1. The van der Waals surface area contributed by atoms with Crippen molar-refractivity contribution in [3.8, 4) is 5.75 Å². The van der Waals surface area contributed by atoms with Gasteiger partial charge in [-0.3, -0.25) is 14.9 Å². The predicted octanol–water partition coefficient (Wildman–Crippen LogP) is 2.86. The number of rotatable bonds is 9. The smallest absolute Gasteiger partial charge is 0.257 e. The molecule has 160 valence electrons. The number of benzene rings is 2. The first-order valence-electron chi connectivity index (χ1n) is 9.52. The average Bonchev–Trinajstić information content (AvgIpc) is 2.73. The highest BCUT2D eigenvalue weighted by atomic mass is 32.1. The summed E-state index contributed by atoms with van der Waals surface area (Å²) in [4.78, 5) is 25.6. The van der Waals surface area contributed by atoms with E-state index in [9.17, 15) is 9.59 Å². The lowest BCUT2D eigenvalue weighted by Gasteiger charge is -2.12. The summed E-state index contributed by atoms with van der Waals surface area (Å²) < 4.78 is 10.4. The third-order valence-electron chi connectivity index (χ3n) is 4.24. The van der Waals surface area contributed by atoms with E-state index in [0.717, 1.165) is 11.3 Å². The highest BCUT2D eigenvalue weighted by Gasteiger charge is 2.09. The molecule has 0 spiro atoms. The van der Waals surface area contributed by atoms with Crippen LogP contribution in [0.25, 0.3) is 0 Å². The zero-order valence-corrected chi connectivity index (χ0v) is 18.3. The molecule has 0 aliphatic heterocycles. The topological polar surface area (TPSA) is 79.9 Å². The molecule has 0 fully saturated rings. The molecule has 0 heterocycles. The largest absolute Gasteiger partial charge is 0.491 e. The van der Waals surface area contributed by atoms with Crippen molar-refractivity contribution < 1.29 is 19.1 Å². The number of nitrogens with one attached hydrogen (secondary N) is 2. The van der Waals surface area contributed by atoms with Gasteiger partial charge in [0.1, 0.15) is 12.4 Å². The van der Waals surface area contributed by atoms with E-state index in [4.69, 9.17) is 21.7 Å². The van der Waals surface area contributed by atoms with Crippen LogP contribution in [0.4, 0.5) is 5.69 Å². The molecular formula is C22H27N3O4S. The highest BCUT2D eigenvalue weighted by molar-refractivity contribution is 7.80. The third kappa shape index (κ3) is 7.81. The first-order valence-corrected chi connectivity index (χ1v) is 9.93. The van der Waals surface area contributed by atoms with Crippen molar-refractivity contribution in [2.45, 2.75) is 12.8 Å². The Hall–Kier alpha value is -2.97. The third-order valence-corrected chi connectivity index (χ3v) is 4.44. The number of hydrogen-bond acceptors (Lipinski definition) is 5. The average molecular weight is 430 g/mol. The van der Waals surface area contributed by atoms with Crippen LogP contribution < -0.4 is 15.4 Å². The molecule has 2 aromatic rings. The Morgan fingerprint density at radius 2 is 1.67 bits per heavy atom. The summed E-state index contributed by atoms with van der Waals surface area (Å²) in [5.74, 6) is 0.446. The van der Waals surface area contributed by atoms with E-state index in [2.05, 4.69) is 10.6 Å². The second kappa shape index (κ2) is 11.9. The number of carbonyl (C=O) groups excluding carboxylic acids is 2. The van der Waals surface area contributed by atoms with Gasteiger partial charge in [0.25, 0.3) is 5.91 Å². The maximum Gasteiger partial charge on any atom is 0.257 e. The fourth-order valence-corrected chi connectivity index (χ4v) is 2.72. The minimum atomic E-state index is -0.310. The lowest BCUT2D eigenvalue weighted by molar-refractivity contribution is -0.128. The van der Waals surface area contributed by atoms with Crippen LogP contribution in [0.3, 0.4) is 0 Å². The molecule has 2 rings (SSSR count). The Labute approximate surface area is 182 Å². The summed E-state index contributed by atoms with van der Waals surface area (Å²) in [5.41, 5.74) is 2.28. The molecule has 7 nitrogen and oxygen atoms in total. The summed E-state index contributed by atoms with van der Waals surface area (Å²) in [6.45, 7) is 0.943. The minimum Gasteiger partial charge on any atom is -0.491 e. The molecule has 2 aromatic carbocycles. The normalized spacial score (nSPS) is 10.2. The van der Waals surface area contributed by atoms with Gasteiger partial charge in [0.2, 0.25) is 5.91 Å². The lowest BCUT2D eigenvalue weighted by Crippen LogP contribution is -2.34.